The van der Waals surface area contributed by atoms with Crippen LogP contribution in [0, 0.1) is 5.41 Å². The summed E-state index contributed by atoms with van der Waals surface area (Å²) < 4.78 is 0. The predicted octanol–water partition coefficient (Wildman–Crippen LogP) is 4.71. The van der Waals surface area contributed by atoms with Crippen molar-refractivity contribution < 1.29 is 4.79 Å². The van der Waals surface area contributed by atoms with Gasteiger partial charge in [0.15, 0.2) is 5.78 Å². The molecule has 0 fully saturated rings. The number of carbonyl (C=O) groups excluding carboxylic acids is 1. The molecular formula is C14H15ClOS. The number of hydrogen-bond donors (Lipinski definition) is 0. The van der Waals surface area contributed by atoms with Crippen molar-refractivity contribution in [3.63, 3.8) is 0 Å². The lowest BCUT2D eigenvalue weighted by molar-refractivity contribution is -0.122. The van der Waals surface area contributed by atoms with Crippen LogP contribution in [-0.2, 0) is 4.79 Å². The quantitative estimate of drug-likeness (QED) is 0.771. The van der Waals surface area contributed by atoms with E-state index in [1.54, 1.807) is 17.8 Å². The number of benzene rings is 1. The Hall–Kier alpha value is -0.730. The van der Waals surface area contributed by atoms with E-state index in [-0.39, 0.29) is 11.2 Å². The fraction of sp³-hybridized carbons (Fsp3) is 0.357. The number of halogens is 1. The van der Waals surface area contributed by atoms with Gasteiger partial charge in [0, 0.05) is 15.3 Å². The molecule has 0 aromatic heterocycles. The molecule has 2 rings (SSSR count). The minimum absolute atomic E-state index is 0.190. The molecule has 0 saturated carbocycles. The summed E-state index contributed by atoms with van der Waals surface area (Å²) in [5.41, 5.74) is -0.190. The van der Waals surface area contributed by atoms with Gasteiger partial charge >= 0.3 is 0 Å². The molecule has 0 bridgehead atoms. The van der Waals surface area contributed by atoms with Crippen molar-refractivity contribution in [1.82, 2.24) is 0 Å². The minimum Gasteiger partial charge on any atom is -0.294 e. The third kappa shape index (κ3) is 3.14. The molecule has 0 N–H and O–H groups in total. The number of rotatable bonds is 2. The summed E-state index contributed by atoms with van der Waals surface area (Å²) in [6.45, 7) is 4.02. The fourth-order valence-electron chi connectivity index (χ4n) is 1.71. The second-order valence-electron chi connectivity index (χ2n) is 4.91. The van der Waals surface area contributed by atoms with E-state index in [2.05, 4.69) is 0 Å². The second-order valence-corrected chi connectivity index (χ2v) is 6.55. The highest BCUT2D eigenvalue weighted by molar-refractivity contribution is 8.03. The van der Waals surface area contributed by atoms with Gasteiger partial charge in [-0.3, -0.25) is 4.79 Å². The topological polar surface area (TPSA) is 17.1 Å². The molecule has 17 heavy (non-hydrogen) atoms. The third-order valence-electron chi connectivity index (χ3n) is 3.02. The molecule has 1 aromatic carbocycles. The number of carbonyl (C=O) groups is 1. The first kappa shape index (κ1) is 12.7. The largest absolute Gasteiger partial charge is 0.294 e. The molecule has 0 spiro atoms. The predicted molar refractivity (Wildman–Crippen MR) is 73.4 cm³/mol. The summed E-state index contributed by atoms with van der Waals surface area (Å²) in [5, 5.41) is 0.740. The zero-order valence-corrected chi connectivity index (χ0v) is 11.6. The van der Waals surface area contributed by atoms with Crippen molar-refractivity contribution >= 4 is 29.1 Å². The zero-order chi connectivity index (χ0) is 12.5. The van der Waals surface area contributed by atoms with E-state index in [9.17, 15) is 4.79 Å². The first-order chi connectivity index (χ1) is 7.97. The average Bonchev–Trinajstić information content (AvgIpc) is 2.27. The van der Waals surface area contributed by atoms with Crippen LogP contribution in [0.1, 0.15) is 26.7 Å². The molecule has 1 aromatic rings. The smallest absolute Gasteiger partial charge is 0.162 e. The van der Waals surface area contributed by atoms with Gasteiger partial charge in [-0.05, 0) is 48.1 Å². The Morgan fingerprint density at radius 1 is 1.24 bits per heavy atom. The maximum atomic E-state index is 11.9. The molecule has 3 heteroatoms. The Morgan fingerprint density at radius 2 is 1.88 bits per heavy atom. The Bertz CT molecular complexity index is 460. The molecular weight excluding hydrogens is 252 g/mol. The van der Waals surface area contributed by atoms with Crippen molar-refractivity contribution in [2.75, 3.05) is 0 Å². The molecule has 0 saturated heterocycles. The molecule has 90 valence electrons. The van der Waals surface area contributed by atoms with E-state index < -0.39 is 0 Å². The molecule has 0 aliphatic heterocycles. The van der Waals surface area contributed by atoms with Gasteiger partial charge in [0.05, 0.1) is 0 Å². The van der Waals surface area contributed by atoms with E-state index in [4.69, 9.17) is 11.6 Å². The fourth-order valence-corrected chi connectivity index (χ4v) is 2.78. The van der Waals surface area contributed by atoms with Crippen LogP contribution in [0.4, 0.5) is 0 Å². The maximum absolute atomic E-state index is 11.9. The molecule has 1 aliphatic rings. The summed E-state index contributed by atoms with van der Waals surface area (Å²) in [5.74, 6) is 0.236. The van der Waals surface area contributed by atoms with Gasteiger partial charge in [-0.1, -0.05) is 37.2 Å². The van der Waals surface area contributed by atoms with Gasteiger partial charge in [0.1, 0.15) is 0 Å². The Balaban J connectivity index is 2.11. The summed E-state index contributed by atoms with van der Waals surface area (Å²) in [6.07, 6.45) is 3.70. The summed E-state index contributed by atoms with van der Waals surface area (Å²) in [7, 11) is 0. The normalized spacial score (nSPS) is 19.0. The summed E-state index contributed by atoms with van der Waals surface area (Å²) in [4.78, 5) is 14.1. The third-order valence-corrected chi connectivity index (χ3v) is 4.36. The monoisotopic (exact) mass is 266 g/mol. The standard InChI is InChI=1S/C14H15ClOS/c1-14(2)8-7-12(9-13(14)16)17-11-5-3-10(15)4-6-11/h3-6,9H,7-8H2,1-2H3. The van der Waals surface area contributed by atoms with E-state index in [0.717, 1.165) is 27.7 Å². The van der Waals surface area contributed by atoms with Crippen molar-refractivity contribution in [2.24, 2.45) is 5.41 Å². The lowest BCUT2D eigenvalue weighted by Crippen LogP contribution is -2.25. The van der Waals surface area contributed by atoms with Gasteiger partial charge < -0.3 is 0 Å². The van der Waals surface area contributed by atoms with Gasteiger partial charge in [-0.2, -0.15) is 0 Å². The Morgan fingerprint density at radius 3 is 2.47 bits per heavy atom. The number of ketones is 1. The van der Waals surface area contributed by atoms with Crippen molar-refractivity contribution in [2.45, 2.75) is 31.6 Å². The van der Waals surface area contributed by atoms with Crippen LogP contribution in [0.3, 0.4) is 0 Å². The molecule has 0 heterocycles. The van der Waals surface area contributed by atoms with Gasteiger partial charge in [0.2, 0.25) is 0 Å². The number of allylic oxidation sites excluding steroid dienone is 2. The van der Waals surface area contributed by atoms with Crippen LogP contribution in [0.15, 0.2) is 40.1 Å². The second kappa shape index (κ2) is 4.87. The van der Waals surface area contributed by atoms with Gasteiger partial charge in [-0.15, -0.1) is 0 Å². The maximum Gasteiger partial charge on any atom is 0.162 e. The average molecular weight is 267 g/mol. The SMILES string of the molecule is CC1(C)CCC(Sc2ccc(Cl)cc2)=CC1=O. The number of hydrogen-bond acceptors (Lipinski definition) is 2. The van der Waals surface area contributed by atoms with Crippen LogP contribution in [-0.4, -0.2) is 5.78 Å². The first-order valence-electron chi connectivity index (χ1n) is 5.66. The van der Waals surface area contributed by atoms with Crippen LogP contribution in [0.25, 0.3) is 0 Å². The zero-order valence-electron chi connectivity index (χ0n) is 10.00. The van der Waals surface area contributed by atoms with Crippen LogP contribution < -0.4 is 0 Å². The highest BCUT2D eigenvalue weighted by atomic mass is 35.5. The highest BCUT2D eigenvalue weighted by Gasteiger charge is 2.29. The van der Waals surface area contributed by atoms with E-state index >= 15 is 0 Å². The van der Waals surface area contributed by atoms with E-state index in [0.29, 0.717) is 0 Å². The van der Waals surface area contributed by atoms with Crippen molar-refractivity contribution in [1.29, 1.82) is 0 Å². The Kier molecular flexibility index (Phi) is 3.64. The van der Waals surface area contributed by atoms with Crippen LogP contribution in [0.5, 0.6) is 0 Å². The Labute approximate surface area is 111 Å². The lowest BCUT2D eigenvalue weighted by Gasteiger charge is -2.26. The molecule has 0 amide bonds. The van der Waals surface area contributed by atoms with E-state index in [1.165, 1.54) is 0 Å². The summed E-state index contributed by atoms with van der Waals surface area (Å²) in [6, 6.07) is 7.72. The highest BCUT2D eigenvalue weighted by Crippen LogP contribution is 2.38. The molecule has 1 aliphatic carbocycles. The number of thioether (sulfide) groups is 1. The first-order valence-corrected chi connectivity index (χ1v) is 6.85. The van der Waals surface area contributed by atoms with Gasteiger partial charge in [-0.25, -0.2) is 0 Å². The van der Waals surface area contributed by atoms with Crippen LogP contribution in [0.2, 0.25) is 5.02 Å². The molecule has 0 atom stereocenters. The van der Waals surface area contributed by atoms with Crippen molar-refractivity contribution in [3.8, 4) is 0 Å². The molecule has 1 nitrogen and oxygen atoms in total. The molecule has 0 radical (unpaired) electrons. The van der Waals surface area contributed by atoms with Crippen molar-refractivity contribution in [3.05, 3.63) is 40.3 Å². The summed E-state index contributed by atoms with van der Waals surface area (Å²) >= 11 is 7.50. The van der Waals surface area contributed by atoms with Gasteiger partial charge in [0.25, 0.3) is 0 Å². The van der Waals surface area contributed by atoms with Crippen LogP contribution >= 0.6 is 23.4 Å². The minimum atomic E-state index is -0.190. The lowest BCUT2D eigenvalue weighted by atomic mass is 9.80. The molecule has 0 unspecified atom stereocenters. The van der Waals surface area contributed by atoms with E-state index in [1.807, 2.05) is 38.1 Å².